The number of amides is 1. The Labute approximate surface area is 155 Å². The third-order valence-corrected chi connectivity index (χ3v) is 4.66. The first kappa shape index (κ1) is 18.5. The van der Waals surface area contributed by atoms with Crippen molar-refractivity contribution < 1.29 is 14.3 Å². The van der Waals surface area contributed by atoms with Gasteiger partial charge >= 0.3 is 0 Å². The monoisotopic (exact) mass is 353 g/mol. The second kappa shape index (κ2) is 9.39. The minimum atomic E-state index is -0.522. The van der Waals surface area contributed by atoms with E-state index < -0.39 is 6.10 Å². The van der Waals surface area contributed by atoms with Crippen LogP contribution in [-0.2, 0) is 29.0 Å². The van der Waals surface area contributed by atoms with Gasteiger partial charge in [-0.05, 0) is 61.4 Å². The lowest BCUT2D eigenvalue weighted by atomic mass is 9.92. The summed E-state index contributed by atoms with van der Waals surface area (Å²) in [6, 6.07) is 16.2. The topological polar surface area (TPSA) is 47.6 Å². The predicted octanol–water partition coefficient (Wildman–Crippen LogP) is 3.67. The van der Waals surface area contributed by atoms with E-state index in [9.17, 15) is 4.79 Å². The molecule has 0 heterocycles. The third-order valence-electron chi connectivity index (χ3n) is 4.66. The minimum absolute atomic E-state index is 0.119. The molecule has 0 saturated heterocycles. The lowest BCUT2D eigenvalue weighted by Gasteiger charge is -2.19. The number of aryl methyl sites for hydroxylation is 2. The summed E-state index contributed by atoms with van der Waals surface area (Å²) < 4.78 is 11.4. The van der Waals surface area contributed by atoms with Gasteiger partial charge in [0, 0.05) is 6.54 Å². The van der Waals surface area contributed by atoms with Crippen LogP contribution in [0.2, 0.25) is 0 Å². The third kappa shape index (κ3) is 5.33. The van der Waals surface area contributed by atoms with Crippen molar-refractivity contribution >= 4 is 5.91 Å². The highest BCUT2D eigenvalue weighted by atomic mass is 16.5. The molecule has 1 N–H and O–H groups in total. The van der Waals surface area contributed by atoms with E-state index in [2.05, 4.69) is 17.4 Å². The molecule has 0 unspecified atom stereocenters. The van der Waals surface area contributed by atoms with Gasteiger partial charge in [0.25, 0.3) is 5.91 Å². The molecule has 0 spiro atoms. The van der Waals surface area contributed by atoms with Crippen molar-refractivity contribution in [2.24, 2.45) is 0 Å². The maximum absolute atomic E-state index is 12.2. The molecule has 3 rings (SSSR count). The van der Waals surface area contributed by atoms with Gasteiger partial charge in [0.1, 0.15) is 5.75 Å². The Kier molecular flexibility index (Phi) is 6.67. The van der Waals surface area contributed by atoms with Crippen molar-refractivity contribution in [1.82, 2.24) is 5.32 Å². The Morgan fingerprint density at radius 2 is 1.85 bits per heavy atom. The van der Waals surface area contributed by atoms with Gasteiger partial charge in [-0.3, -0.25) is 4.79 Å². The molecule has 0 aromatic heterocycles. The van der Waals surface area contributed by atoms with Crippen molar-refractivity contribution in [2.75, 3.05) is 13.2 Å². The zero-order chi connectivity index (χ0) is 18.2. The summed E-state index contributed by atoms with van der Waals surface area (Å²) in [5.74, 6) is 0.652. The van der Waals surface area contributed by atoms with Gasteiger partial charge in [0.2, 0.25) is 0 Å². The summed E-state index contributed by atoms with van der Waals surface area (Å²) in [5, 5.41) is 2.86. The molecule has 1 aliphatic carbocycles. The predicted molar refractivity (Wildman–Crippen MR) is 102 cm³/mol. The number of carbonyl (C=O) groups is 1. The summed E-state index contributed by atoms with van der Waals surface area (Å²) in [4.78, 5) is 12.2. The van der Waals surface area contributed by atoms with Gasteiger partial charge in [-0.2, -0.15) is 0 Å². The maximum atomic E-state index is 12.2. The fourth-order valence-corrected chi connectivity index (χ4v) is 3.20. The van der Waals surface area contributed by atoms with Crippen LogP contribution in [-0.4, -0.2) is 25.2 Å². The second-order valence-corrected chi connectivity index (χ2v) is 6.73. The highest BCUT2D eigenvalue weighted by molar-refractivity contribution is 5.80. The zero-order valence-corrected chi connectivity index (χ0v) is 15.4. The zero-order valence-electron chi connectivity index (χ0n) is 15.4. The van der Waals surface area contributed by atoms with Crippen LogP contribution in [0.1, 0.15) is 36.5 Å². The fourth-order valence-electron chi connectivity index (χ4n) is 3.20. The largest absolute Gasteiger partial charge is 0.481 e. The smallest absolute Gasteiger partial charge is 0.260 e. The molecule has 4 nitrogen and oxygen atoms in total. The molecule has 138 valence electrons. The number of nitrogens with one attached hydrogen (secondary N) is 1. The quantitative estimate of drug-likeness (QED) is 0.737. The summed E-state index contributed by atoms with van der Waals surface area (Å²) in [7, 11) is 0. The summed E-state index contributed by atoms with van der Waals surface area (Å²) in [5.41, 5.74) is 3.90. The number of fused-ring (bicyclic) bond motifs is 1. The second-order valence-electron chi connectivity index (χ2n) is 6.73. The Morgan fingerprint density at radius 3 is 2.65 bits per heavy atom. The Balaban J connectivity index is 1.38. The van der Waals surface area contributed by atoms with Gasteiger partial charge < -0.3 is 14.8 Å². The molecular weight excluding hydrogens is 326 g/mol. The average molecular weight is 353 g/mol. The highest BCUT2D eigenvalue weighted by Gasteiger charge is 2.16. The van der Waals surface area contributed by atoms with Gasteiger partial charge in [-0.25, -0.2) is 0 Å². The van der Waals surface area contributed by atoms with Gasteiger partial charge in [-0.15, -0.1) is 0 Å². The molecular formula is C22H27NO3. The van der Waals surface area contributed by atoms with Gasteiger partial charge in [0.15, 0.2) is 6.10 Å². The van der Waals surface area contributed by atoms with E-state index in [1.807, 2.05) is 36.4 Å². The molecule has 2 aromatic carbocycles. The highest BCUT2D eigenvalue weighted by Crippen LogP contribution is 2.25. The molecule has 2 aromatic rings. The van der Waals surface area contributed by atoms with Crippen LogP contribution in [0.4, 0.5) is 0 Å². The number of carbonyl (C=O) groups excluding carboxylic acids is 1. The molecule has 0 fully saturated rings. The van der Waals surface area contributed by atoms with Gasteiger partial charge in [0.05, 0.1) is 13.2 Å². The van der Waals surface area contributed by atoms with Crippen LogP contribution in [0.15, 0.2) is 48.5 Å². The SMILES string of the molecule is C[C@H](Oc1ccc2c(c1)CCCC2)C(=O)NCCOCc1ccccc1. The van der Waals surface area contributed by atoms with Crippen LogP contribution in [0.25, 0.3) is 0 Å². The Morgan fingerprint density at radius 1 is 1.08 bits per heavy atom. The van der Waals surface area contributed by atoms with Crippen molar-refractivity contribution in [3.05, 3.63) is 65.2 Å². The van der Waals surface area contributed by atoms with Crippen molar-refractivity contribution in [2.45, 2.75) is 45.3 Å². The molecule has 1 amide bonds. The minimum Gasteiger partial charge on any atom is -0.481 e. The normalized spacial score (nSPS) is 14.3. The Bertz CT molecular complexity index is 715. The lowest BCUT2D eigenvalue weighted by Crippen LogP contribution is -2.38. The van der Waals surface area contributed by atoms with Crippen LogP contribution in [0.3, 0.4) is 0 Å². The van der Waals surface area contributed by atoms with E-state index in [0.29, 0.717) is 19.8 Å². The molecule has 0 bridgehead atoms. The molecule has 0 saturated carbocycles. The molecule has 26 heavy (non-hydrogen) atoms. The first-order valence-corrected chi connectivity index (χ1v) is 9.40. The summed E-state index contributed by atoms with van der Waals surface area (Å²) >= 11 is 0. The van der Waals surface area contributed by atoms with E-state index >= 15 is 0 Å². The van der Waals surface area contributed by atoms with Crippen molar-refractivity contribution in [3.63, 3.8) is 0 Å². The Hall–Kier alpha value is -2.33. The number of ether oxygens (including phenoxy) is 2. The molecule has 1 atom stereocenters. The number of benzene rings is 2. The van der Waals surface area contributed by atoms with E-state index in [0.717, 1.165) is 24.2 Å². The number of hydrogen-bond acceptors (Lipinski definition) is 3. The van der Waals surface area contributed by atoms with Crippen LogP contribution in [0, 0.1) is 0 Å². The number of rotatable bonds is 8. The van der Waals surface area contributed by atoms with Crippen molar-refractivity contribution in [1.29, 1.82) is 0 Å². The van der Waals surface area contributed by atoms with Crippen molar-refractivity contribution in [3.8, 4) is 5.75 Å². The number of hydrogen-bond donors (Lipinski definition) is 1. The molecule has 1 aliphatic rings. The van der Waals surface area contributed by atoms with Crippen LogP contribution < -0.4 is 10.1 Å². The van der Waals surface area contributed by atoms with E-state index in [4.69, 9.17) is 9.47 Å². The van der Waals surface area contributed by atoms with E-state index in [1.54, 1.807) is 6.92 Å². The first-order chi connectivity index (χ1) is 12.7. The van der Waals surface area contributed by atoms with E-state index in [1.165, 1.54) is 24.0 Å². The lowest BCUT2D eigenvalue weighted by molar-refractivity contribution is -0.127. The summed E-state index contributed by atoms with van der Waals surface area (Å²) in [6.07, 6.45) is 4.22. The molecule has 4 heteroatoms. The standard InChI is InChI=1S/C22H27NO3/c1-17(26-21-12-11-19-9-5-6-10-20(19)15-21)22(24)23-13-14-25-16-18-7-3-2-4-8-18/h2-4,7-8,11-12,15,17H,5-6,9-10,13-14,16H2,1H3,(H,23,24)/t17-/m0/s1. The molecule has 0 aliphatic heterocycles. The summed E-state index contributed by atoms with van der Waals surface area (Å²) in [6.45, 7) is 3.28. The maximum Gasteiger partial charge on any atom is 0.260 e. The van der Waals surface area contributed by atoms with Crippen LogP contribution in [0.5, 0.6) is 5.75 Å². The van der Waals surface area contributed by atoms with Gasteiger partial charge in [-0.1, -0.05) is 36.4 Å². The fraction of sp³-hybridized carbons (Fsp3) is 0.409. The van der Waals surface area contributed by atoms with Crippen LogP contribution >= 0.6 is 0 Å². The first-order valence-electron chi connectivity index (χ1n) is 9.40. The van der Waals surface area contributed by atoms with E-state index in [-0.39, 0.29) is 5.91 Å². The average Bonchev–Trinajstić information content (AvgIpc) is 2.68. The molecule has 0 radical (unpaired) electrons.